The average Bonchev–Trinajstić information content (AvgIpc) is 3.23. The number of methoxy groups -OCH3 is 1. The fourth-order valence-electron chi connectivity index (χ4n) is 5.01. The fourth-order valence-corrected chi connectivity index (χ4v) is 5.01. The third kappa shape index (κ3) is 5.02. The van der Waals surface area contributed by atoms with Gasteiger partial charge in [-0.15, -0.1) is 0 Å². The van der Waals surface area contributed by atoms with Gasteiger partial charge in [0.25, 0.3) is 11.8 Å². The Bertz CT molecular complexity index is 1400. The van der Waals surface area contributed by atoms with Crippen molar-refractivity contribution in [2.75, 3.05) is 43.5 Å². The van der Waals surface area contributed by atoms with Crippen molar-refractivity contribution in [2.45, 2.75) is 19.5 Å². The summed E-state index contributed by atoms with van der Waals surface area (Å²) in [6.45, 7) is 3.68. The van der Waals surface area contributed by atoms with Gasteiger partial charge in [-0.05, 0) is 42.8 Å². The molecular formula is C28H28FN5O4. The van der Waals surface area contributed by atoms with E-state index in [2.05, 4.69) is 10.3 Å². The molecule has 0 unspecified atom stereocenters. The molecule has 196 valence electrons. The van der Waals surface area contributed by atoms with E-state index in [9.17, 15) is 18.8 Å². The number of ether oxygens (including phenoxy) is 1. The molecule has 0 aliphatic carbocycles. The van der Waals surface area contributed by atoms with Crippen LogP contribution in [0.1, 0.15) is 33.2 Å². The van der Waals surface area contributed by atoms with E-state index in [4.69, 9.17) is 4.74 Å². The maximum absolute atomic E-state index is 14.2. The first kappa shape index (κ1) is 25.2. The summed E-state index contributed by atoms with van der Waals surface area (Å²) in [5, 5.41) is 2.78. The van der Waals surface area contributed by atoms with Crippen LogP contribution in [0.3, 0.4) is 0 Å². The molecule has 1 atom stereocenters. The van der Waals surface area contributed by atoms with Gasteiger partial charge >= 0.3 is 0 Å². The largest absolute Gasteiger partial charge is 0.481 e. The molecule has 0 saturated carbocycles. The number of carbonyl (C=O) groups excluding carboxylic acids is 3. The number of amides is 3. The number of fused-ring (bicyclic) bond motifs is 1. The molecule has 2 aliphatic rings. The van der Waals surface area contributed by atoms with Gasteiger partial charge in [0, 0.05) is 61.4 Å². The number of aromatic nitrogens is 1. The van der Waals surface area contributed by atoms with Crippen LogP contribution in [-0.4, -0.2) is 71.8 Å². The Kier molecular flexibility index (Phi) is 6.95. The molecule has 0 radical (unpaired) electrons. The third-order valence-corrected chi connectivity index (χ3v) is 6.92. The molecule has 38 heavy (non-hydrogen) atoms. The minimum absolute atomic E-state index is 0.0114. The Balaban J connectivity index is 1.26. The second-order valence-corrected chi connectivity index (χ2v) is 9.40. The van der Waals surface area contributed by atoms with Crippen molar-refractivity contribution in [1.29, 1.82) is 0 Å². The molecular weight excluding hydrogens is 489 g/mol. The predicted molar refractivity (Wildman–Crippen MR) is 140 cm³/mol. The number of pyridine rings is 1. The van der Waals surface area contributed by atoms with Gasteiger partial charge in [-0.25, -0.2) is 9.37 Å². The summed E-state index contributed by atoms with van der Waals surface area (Å²) in [5.41, 5.74) is 2.81. The minimum atomic E-state index is -0.524. The SMILES string of the molecule is COc1cc(NC(=O)c2cc(F)ccc2N2CCN(C(=O)CN3Cc4ccccc4C3=O)[C@H](C)C2)ccn1. The van der Waals surface area contributed by atoms with Crippen molar-refractivity contribution >= 4 is 29.1 Å². The van der Waals surface area contributed by atoms with Gasteiger partial charge < -0.3 is 24.8 Å². The van der Waals surface area contributed by atoms with Crippen LogP contribution in [0.25, 0.3) is 0 Å². The van der Waals surface area contributed by atoms with E-state index in [1.807, 2.05) is 30.0 Å². The monoisotopic (exact) mass is 517 g/mol. The first-order valence-electron chi connectivity index (χ1n) is 12.4. The van der Waals surface area contributed by atoms with Crippen LogP contribution >= 0.6 is 0 Å². The Morgan fingerprint density at radius 2 is 1.95 bits per heavy atom. The zero-order valence-electron chi connectivity index (χ0n) is 21.2. The van der Waals surface area contributed by atoms with E-state index in [0.717, 1.165) is 5.56 Å². The van der Waals surface area contributed by atoms with Crippen molar-refractivity contribution in [1.82, 2.24) is 14.8 Å². The average molecular weight is 518 g/mol. The molecule has 3 heterocycles. The highest BCUT2D eigenvalue weighted by Gasteiger charge is 2.33. The number of piperazine rings is 1. The van der Waals surface area contributed by atoms with Gasteiger partial charge in [0.05, 0.1) is 12.7 Å². The van der Waals surface area contributed by atoms with Crippen molar-refractivity contribution in [3.8, 4) is 5.88 Å². The van der Waals surface area contributed by atoms with Crippen LogP contribution in [0.5, 0.6) is 5.88 Å². The highest BCUT2D eigenvalue weighted by molar-refractivity contribution is 6.08. The summed E-state index contributed by atoms with van der Waals surface area (Å²) < 4.78 is 19.3. The van der Waals surface area contributed by atoms with E-state index in [1.54, 1.807) is 34.1 Å². The van der Waals surface area contributed by atoms with E-state index in [1.165, 1.54) is 25.4 Å². The lowest BCUT2D eigenvalue weighted by Gasteiger charge is -2.42. The van der Waals surface area contributed by atoms with Crippen molar-refractivity contribution in [2.24, 2.45) is 0 Å². The zero-order valence-corrected chi connectivity index (χ0v) is 21.2. The Hall–Kier alpha value is -4.47. The van der Waals surface area contributed by atoms with Crippen LogP contribution < -0.4 is 15.0 Å². The number of halogens is 1. The van der Waals surface area contributed by atoms with Crippen molar-refractivity contribution in [3.63, 3.8) is 0 Å². The number of nitrogens with one attached hydrogen (secondary N) is 1. The van der Waals surface area contributed by atoms with E-state index >= 15 is 0 Å². The Morgan fingerprint density at radius 3 is 2.71 bits per heavy atom. The topological polar surface area (TPSA) is 95.1 Å². The van der Waals surface area contributed by atoms with Crippen LogP contribution in [0.4, 0.5) is 15.8 Å². The lowest BCUT2D eigenvalue weighted by Crippen LogP contribution is -2.56. The quantitative estimate of drug-likeness (QED) is 0.540. The number of hydrogen-bond donors (Lipinski definition) is 1. The van der Waals surface area contributed by atoms with E-state index < -0.39 is 11.7 Å². The Labute approximate surface area is 219 Å². The summed E-state index contributed by atoms with van der Waals surface area (Å²) in [6.07, 6.45) is 1.51. The summed E-state index contributed by atoms with van der Waals surface area (Å²) >= 11 is 0. The predicted octanol–water partition coefficient (Wildman–Crippen LogP) is 3.17. The molecule has 2 aromatic carbocycles. The van der Waals surface area contributed by atoms with Crippen LogP contribution in [0, 0.1) is 5.82 Å². The summed E-state index contributed by atoms with van der Waals surface area (Å²) in [6, 6.07) is 14.5. The standard InChI is InChI=1S/C28H28FN5O4/c1-18-15-32(11-12-34(18)26(35)17-33-16-19-5-3-4-6-22(19)28(33)37)24-8-7-20(29)13-23(24)27(36)31-21-9-10-30-25(14-21)38-2/h3-10,13-14,18H,11-12,15-17H2,1-2H3,(H,30,31,36)/t18-/m1/s1. The molecule has 1 aromatic heterocycles. The second kappa shape index (κ2) is 10.5. The maximum atomic E-state index is 14.2. The highest BCUT2D eigenvalue weighted by Crippen LogP contribution is 2.27. The van der Waals surface area contributed by atoms with Gasteiger partial charge in [-0.2, -0.15) is 0 Å². The van der Waals surface area contributed by atoms with Gasteiger partial charge in [-0.1, -0.05) is 18.2 Å². The molecule has 5 rings (SSSR count). The van der Waals surface area contributed by atoms with Gasteiger partial charge in [0.1, 0.15) is 12.4 Å². The number of carbonyl (C=O) groups is 3. The molecule has 1 saturated heterocycles. The molecule has 1 fully saturated rings. The molecule has 2 aliphatic heterocycles. The lowest BCUT2D eigenvalue weighted by molar-refractivity contribution is -0.134. The summed E-state index contributed by atoms with van der Waals surface area (Å²) in [4.78, 5) is 48.3. The molecule has 0 spiro atoms. The van der Waals surface area contributed by atoms with Crippen LogP contribution in [0.15, 0.2) is 60.8 Å². The Morgan fingerprint density at radius 1 is 1.13 bits per heavy atom. The summed E-state index contributed by atoms with van der Waals surface area (Å²) in [5.74, 6) is -0.900. The van der Waals surface area contributed by atoms with E-state index in [0.29, 0.717) is 49.0 Å². The first-order valence-corrected chi connectivity index (χ1v) is 12.4. The molecule has 9 nitrogen and oxygen atoms in total. The number of benzene rings is 2. The van der Waals surface area contributed by atoms with Gasteiger partial charge in [0.15, 0.2) is 0 Å². The lowest BCUT2D eigenvalue weighted by atomic mass is 10.1. The molecule has 0 bridgehead atoms. The molecule has 1 N–H and O–H groups in total. The number of anilines is 2. The smallest absolute Gasteiger partial charge is 0.257 e. The highest BCUT2D eigenvalue weighted by atomic mass is 19.1. The zero-order chi connectivity index (χ0) is 26.8. The fraction of sp³-hybridized carbons (Fsp3) is 0.286. The molecule has 10 heteroatoms. The summed E-state index contributed by atoms with van der Waals surface area (Å²) in [7, 11) is 1.48. The third-order valence-electron chi connectivity index (χ3n) is 6.92. The van der Waals surface area contributed by atoms with Gasteiger partial charge in [-0.3, -0.25) is 14.4 Å². The normalized spacial score (nSPS) is 16.9. The van der Waals surface area contributed by atoms with Crippen LogP contribution in [0.2, 0.25) is 0 Å². The molecule has 3 aromatic rings. The number of rotatable bonds is 6. The van der Waals surface area contributed by atoms with Crippen LogP contribution in [-0.2, 0) is 11.3 Å². The van der Waals surface area contributed by atoms with Gasteiger partial charge in [0.2, 0.25) is 11.8 Å². The van der Waals surface area contributed by atoms with E-state index in [-0.39, 0.29) is 30.0 Å². The second-order valence-electron chi connectivity index (χ2n) is 9.40. The first-order chi connectivity index (χ1) is 18.3. The maximum Gasteiger partial charge on any atom is 0.257 e. The van der Waals surface area contributed by atoms with Crippen molar-refractivity contribution in [3.05, 3.63) is 83.3 Å². The molecule has 3 amide bonds. The minimum Gasteiger partial charge on any atom is -0.481 e. The van der Waals surface area contributed by atoms with Crippen molar-refractivity contribution < 1.29 is 23.5 Å². The number of nitrogens with zero attached hydrogens (tertiary/aromatic N) is 4. The number of hydrogen-bond acceptors (Lipinski definition) is 6.